The van der Waals surface area contributed by atoms with Gasteiger partial charge in [0.2, 0.25) is 0 Å². The zero-order chi connectivity index (χ0) is 13.7. The fourth-order valence-corrected chi connectivity index (χ4v) is 2.32. The molecule has 0 amide bonds. The molecule has 0 bridgehead atoms. The van der Waals surface area contributed by atoms with Crippen molar-refractivity contribution in [2.24, 2.45) is 7.05 Å². The zero-order valence-electron chi connectivity index (χ0n) is 10.7. The van der Waals surface area contributed by atoms with E-state index in [2.05, 4.69) is 31.1 Å². The number of alkyl halides is 1. The molecule has 5 nitrogen and oxygen atoms in total. The molecule has 0 aromatic carbocycles. The summed E-state index contributed by atoms with van der Waals surface area (Å²) in [4.78, 5) is 10.8. The van der Waals surface area contributed by atoms with Gasteiger partial charge in [0.1, 0.15) is 4.83 Å². The Hall–Kier alpha value is -0.590. The van der Waals surface area contributed by atoms with E-state index in [1.807, 2.05) is 14.0 Å². The van der Waals surface area contributed by atoms with Gasteiger partial charge in [-0.05, 0) is 6.42 Å². The maximum Gasteiger partial charge on any atom is 0.320 e. The fraction of sp³-hybridized carbons (Fsp3) is 0.636. The van der Waals surface area contributed by atoms with Gasteiger partial charge < -0.3 is 10.1 Å². The Bertz CT molecular complexity index is 423. The van der Waals surface area contributed by atoms with E-state index in [-0.39, 0.29) is 10.8 Å². The molecule has 0 aliphatic carbocycles. The van der Waals surface area contributed by atoms with Crippen molar-refractivity contribution in [2.45, 2.75) is 24.7 Å². The standard InChI is InChI=1S/C11H17BrClN3O2/c1-4-8-10(13)9(16(2)15-8)6-14-5-7(12)11(17)18-3/h7,14H,4-6H2,1-3H3. The van der Waals surface area contributed by atoms with Crippen LogP contribution in [0.2, 0.25) is 5.02 Å². The Balaban J connectivity index is 2.54. The van der Waals surface area contributed by atoms with Gasteiger partial charge in [-0.15, -0.1) is 0 Å². The molecule has 1 aromatic heterocycles. The number of halogens is 2. The summed E-state index contributed by atoms with van der Waals surface area (Å²) in [5.41, 5.74) is 1.80. The number of aryl methyl sites for hydroxylation is 2. The molecule has 0 saturated carbocycles. The normalized spacial score (nSPS) is 12.5. The Morgan fingerprint density at radius 1 is 1.67 bits per heavy atom. The third-order valence-electron chi connectivity index (χ3n) is 2.58. The molecule has 0 spiro atoms. The summed E-state index contributed by atoms with van der Waals surface area (Å²) in [6, 6.07) is 0. The monoisotopic (exact) mass is 337 g/mol. The second-order valence-corrected chi connectivity index (χ2v) is 5.29. The number of ether oxygens (including phenoxy) is 1. The van der Waals surface area contributed by atoms with Gasteiger partial charge in [-0.25, -0.2) is 0 Å². The number of methoxy groups -OCH3 is 1. The number of rotatable bonds is 6. The van der Waals surface area contributed by atoms with Gasteiger partial charge in [0.25, 0.3) is 0 Å². The first-order chi connectivity index (χ1) is 8.51. The second kappa shape index (κ2) is 7.11. The van der Waals surface area contributed by atoms with Crippen molar-refractivity contribution in [2.75, 3.05) is 13.7 Å². The Kier molecular flexibility index (Phi) is 6.11. The number of aromatic nitrogens is 2. The van der Waals surface area contributed by atoms with E-state index in [0.717, 1.165) is 17.8 Å². The molecule has 0 aliphatic rings. The van der Waals surface area contributed by atoms with E-state index in [0.29, 0.717) is 18.1 Å². The molecule has 0 saturated heterocycles. The van der Waals surface area contributed by atoms with Crippen LogP contribution in [0.25, 0.3) is 0 Å². The molecule has 0 radical (unpaired) electrons. The van der Waals surface area contributed by atoms with Crippen molar-refractivity contribution < 1.29 is 9.53 Å². The summed E-state index contributed by atoms with van der Waals surface area (Å²) in [5.74, 6) is -0.298. The van der Waals surface area contributed by atoms with Gasteiger partial charge >= 0.3 is 5.97 Å². The molecule has 1 N–H and O–H groups in total. The number of carbonyl (C=O) groups is 1. The zero-order valence-corrected chi connectivity index (χ0v) is 13.0. The maximum atomic E-state index is 11.2. The SMILES string of the molecule is CCc1nn(C)c(CNCC(Br)C(=O)OC)c1Cl. The molecule has 1 unspecified atom stereocenters. The van der Waals surface area contributed by atoms with Crippen LogP contribution in [0.3, 0.4) is 0 Å². The number of hydrogen-bond donors (Lipinski definition) is 1. The lowest BCUT2D eigenvalue weighted by atomic mass is 10.3. The quantitative estimate of drug-likeness (QED) is 0.633. The number of esters is 1. The van der Waals surface area contributed by atoms with Crippen molar-refractivity contribution >= 4 is 33.5 Å². The van der Waals surface area contributed by atoms with Gasteiger partial charge in [-0.2, -0.15) is 5.10 Å². The Morgan fingerprint density at radius 2 is 2.33 bits per heavy atom. The summed E-state index contributed by atoms with van der Waals surface area (Å²) < 4.78 is 6.37. The largest absolute Gasteiger partial charge is 0.468 e. The average Bonchev–Trinajstić information content (AvgIpc) is 2.64. The van der Waals surface area contributed by atoms with Gasteiger partial charge in [-0.1, -0.05) is 34.5 Å². The van der Waals surface area contributed by atoms with Crippen molar-refractivity contribution in [1.82, 2.24) is 15.1 Å². The highest BCUT2D eigenvalue weighted by atomic mass is 79.9. The molecule has 0 fully saturated rings. The second-order valence-electron chi connectivity index (χ2n) is 3.81. The van der Waals surface area contributed by atoms with E-state index in [4.69, 9.17) is 11.6 Å². The molecule has 1 atom stereocenters. The van der Waals surface area contributed by atoms with Gasteiger partial charge in [0.15, 0.2) is 0 Å². The average molecular weight is 339 g/mol. The summed E-state index contributed by atoms with van der Waals surface area (Å²) >= 11 is 9.45. The fourth-order valence-electron chi connectivity index (χ4n) is 1.54. The molecule has 0 aliphatic heterocycles. The lowest BCUT2D eigenvalue weighted by molar-refractivity contribution is -0.139. The number of carbonyl (C=O) groups excluding carboxylic acids is 1. The Labute approximate surface area is 120 Å². The van der Waals surface area contributed by atoms with Crippen molar-refractivity contribution in [3.05, 3.63) is 16.4 Å². The van der Waals surface area contributed by atoms with Crippen LogP contribution >= 0.6 is 27.5 Å². The van der Waals surface area contributed by atoms with E-state index in [1.54, 1.807) is 4.68 Å². The molecule has 1 rings (SSSR count). The topological polar surface area (TPSA) is 56.2 Å². The molecular formula is C11H17BrClN3O2. The number of hydrogen-bond acceptors (Lipinski definition) is 4. The van der Waals surface area contributed by atoms with Crippen LogP contribution in [-0.4, -0.2) is 34.2 Å². The minimum absolute atomic E-state index is 0.298. The van der Waals surface area contributed by atoms with Crippen LogP contribution in [0.1, 0.15) is 18.3 Å². The highest BCUT2D eigenvalue weighted by Crippen LogP contribution is 2.20. The molecule has 18 heavy (non-hydrogen) atoms. The predicted octanol–water partition coefficient (Wildman–Crippen LogP) is 1.66. The van der Waals surface area contributed by atoms with Crippen LogP contribution in [0.15, 0.2) is 0 Å². The maximum absolute atomic E-state index is 11.2. The van der Waals surface area contributed by atoms with Crippen LogP contribution in [0.5, 0.6) is 0 Å². The minimum atomic E-state index is -0.361. The Morgan fingerprint density at radius 3 is 2.83 bits per heavy atom. The van der Waals surface area contributed by atoms with Gasteiger partial charge in [0, 0.05) is 20.1 Å². The first-order valence-electron chi connectivity index (χ1n) is 5.64. The van der Waals surface area contributed by atoms with E-state index in [1.165, 1.54) is 7.11 Å². The number of nitrogens with one attached hydrogen (secondary N) is 1. The molecule has 1 heterocycles. The van der Waals surface area contributed by atoms with Crippen LogP contribution in [0.4, 0.5) is 0 Å². The van der Waals surface area contributed by atoms with Crippen molar-refractivity contribution in [3.63, 3.8) is 0 Å². The third kappa shape index (κ3) is 3.70. The molecule has 7 heteroatoms. The minimum Gasteiger partial charge on any atom is -0.468 e. The highest BCUT2D eigenvalue weighted by Gasteiger charge is 2.16. The highest BCUT2D eigenvalue weighted by molar-refractivity contribution is 9.10. The first kappa shape index (κ1) is 15.5. The van der Waals surface area contributed by atoms with Crippen LogP contribution in [0, 0.1) is 0 Å². The van der Waals surface area contributed by atoms with Gasteiger partial charge in [0.05, 0.1) is 23.5 Å². The van der Waals surface area contributed by atoms with E-state index >= 15 is 0 Å². The molecule has 1 aromatic rings. The summed E-state index contributed by atoms with van der Waals surface area (Å²) in [7, 11) is 3.22. The van der Waals surface area contributed by atoms with Gasteiger partial charge in [-0.3, -0.25) is 9.48 Å². The van der Waals surface area contributed by atoms with Crippen molar-refractivity contribution in [1.29, 1.82) is 0 Å². The first-order valence-corrected chi connectivity index (χ1v) is 6.93. The van der Waals surface area contributed by atoms with Crippen LogP contribution in [-0.2, 0) is 29.5 Å². The summed E-state index contributed by atoms with van der Waals surface area (Å²) in [5, 5.41) is 8.15. The lowest BCUT2D eigenvalue weighted by Gasteiger charge is -2.09. The van der Waals surface area contributed by atoms with Crippen molar-refractivity contribution in [3.8, 4) is 0 Å². The van der Waals surface area contributed by atoms with E-state index in [9.17, 15) is 4.79 Å². The summed E-state index contributed by atoms with van der Waals surface area (Å²) in [6.45, 7) is 3.04. The number of nitrogens with zero attached hydrogens (tertiary/aromatic N) is 2. The molecular weight excluding hydrogens is 321 g/mol. The smallest absolute Gasteiger partial charge is 0.320 e. The lowest BCUT2D eigenvalue weighted by Crippen LogP contribution is -2.30. The van der Waals surface area contributed by atoms with E-state index < -0.39 is 0 Å². The third-order valence-corrected chi connectivity index (χ3v) is 3.71. The van der Waals surface area contributed by atoms with Crippen LogP contribution < -0.4 is 5.32 Å². The summed E-state index contributed by atoms with van der Waals surface area (Å²) in [6.07, 6.45) is 0.801. The predicted molar refractivity (Wildman–Crippen MR) is 74.0 cm³/mol. The molecule has 102 valence electrons.